The Morgan fingerprint density at radius 2 is 1.92 bits per heavy atom. The quantitative estimate of drug-likeness (QED) is 0.565. The molecular weight excluding hydrogens is 203 g/mol. The van der Waals surface area contributed by atoms with Crippen molar-refractivity contribution in [2.45, 2.75) is 30.8 Å². The average Bonchev–Trinajstić information content (AvgIpc) is 2.02. The van der Waals surface area contributed by atoms with Crippen LogP contribution in [0.3, 0.4) is 0 Å². The van der Waals surface area contributed by atoms with Crippen LogP contribution in [0.5, 0.6) is 0 Å². The van der Waals surface area contributed by atoms with Crippen LogP contribution < -0.4 is 0 Å². The van der Waals surface area contributed by atoms with Gasteiger partial charge in [-0.05, 0) is 19.3 Å². The summed E-state index contributed by atoms with van der Waals surface area (Å²) >= 11 is 5.66. The predicted molar refractivity (Wildman–Crippen MR) is 42.1 cm³/mol. The first-order valence-corrected chi connectivity index (χ1v) is 4.49. The third kappa shape index (κ3) is 2.50. The Balaban J connectivity index is 2.57. The average molecular weight is 212 g/mol. The van der Waals surface area contributed by atoms with Gasteiger partial charge in [0.05, 0.1) is 17.9 Å². The van der Waals surface area contributed by atoms with Crippen molar-refractivity contribution >= 4 is 11.6 Å². The second-order valence-electron chi connectivity index (χ2n) is 3.30. The highest BCUT2D eigenvalue weighted by Gasteiger charge is 2.44. The van der Waals surface area contributed by atoms with Gasteiger partial charge in [0.1, 0.15) is 0 Å². The molecule has 0 heterocycles. The fourth-order valence-electron chi connectivity index (χ4n) is 1.56. The smallest absolute Gasteiger partial charge is 0.198 e. The highest BCUT2D eigenvalue weighted by molar-refractivity contribution is 6.21. The minimum absolute atomic E-state index is 0.0327. The lowest BCUT2D eigenvalue weighted by Gasteiger charge is -2.30. The van der Waals surface area contributed by atoms with E-state index >= 15 is 0 Å². The van der Waals surface area contributed by atoms with Gasteiger partial charge >= 0.3 is 6.18 Å². The second kappa shape index (κ2) is 3.75. The van der Waals surface area contributed by atoms with Crippen molar-refractivity contribution in [3.8, 4) is 6.07 Å². The van der Waals surface area contributed by atoms with Crippen molar-refractivity contribution in [3.63, 3.8) is 0 Å². The van der Waals surface area contributed by atoms with E-state index in [4.69, 9.17) is 16.9 Å². The van der Waals surface area contributed by atoms with Crippen LogP contribution in [0.2, 0.25) is 0 Å². The highest BCUT2D eigenvalue weighted by Crippen LogP contribution is 2.41. The molecule has 0 N–H and O–H groups in total. The number of hydrogen-bond donors (Lipinski definition) is 0. The lowest BCUT2D eigenvalue weighted by Crippen LogP contribution is -2.33. The van der Waals surface area contributed by atoms with Crippen molar-refractivity contribution in [1.29, 1.82) is 5.26 Å². The molecule has 1 saturated carbocycles. The molecule has 0 aromatic rings. The van der Waals surface area contributed by atoms with Gasteiger partial charge in [-0.1, -0.05) is 0 Å². The van der Waals surface area contributed by atoms with Crippen molar-refractivity contribution < 1.29 is 13.2 Å². The van der Waals surface area contributed by atoms with E-state index in [1.54, 1.807) is 0 Å². The van der Waals surface area contributed by atoms with Crippen LogP contribution in [0, 0.1) is 23.2 Å². The maximum Gasteiger partial charge on any atom is 0.391 e. The zero-order chi connectivity index (χ0) is 10.1. The van der Waals surface area contributed by atoms with Gasteiger partial charge in [0.2, 0.25) is 0 Å². The van der Waals surface area contributed by atoms with E-state index in [-0.39, 0.29) is 19.3 Å². The van der Waals surface area contributed by atoms with Gasteiger partial charge in [0, 0.05) is 5.38 Å². The normalized spacial score (nSPS) is 35.5. The zero-order valence-corrected chi connectivity index (χ0v) is 7.57. The summed E-state index contributed by atoms with van der Waals surface area (Å²) in [5.74, 6) is -1.74. The molecule has 0 radical (unpaired) electrons. The molecule has 1 aliphatic carbocycles. The summed E-state index contributed by atoms with van der Waals surface area (Å²) in [6.07, 6.45) is -3.99. The van der Waals surface area contributed by atoms with Gasteiger partial charge in [0.15, 0.2) is 0 Å². The molecule has 0 unspecified atom stereocenters. The number of nitriles is 1. The van der Waals surface area contributed by atoms with E-state index in [1.807, 2.05) is 6.07 Å². The minimum Gasteiger partial charge on any atom is -0.198 e. The molecule has 13 heavy (non-hydrogen) atoms. The van der Waals surface area contributed by atoms with Crippen molar-refractivity contribution in [2.24, 2.45) is 11.8 Å². The van der Waals surface area contributed by atoms with Gasteiger partial charge in [-0.3, -0.25) is 0 Å². The third-order valence-electron chi connectivity index (χ3n) is 2.40. The lowest BCUT2D eigenvalue weighted by atomic mass is 9.82. The molecule has 3 atom stereocenters. The molecule has 0 aromatic heterocycles. The van der Waals surface area contributed by atoms with Crippen LogP contribution in [0.25, 0.3) is 0 Å². The molecule has 1 aliphatic rings. The molecule has 74 valence electrons. The van der Waals surface area contributed by atoms with Crippen molar-refractivity contribution in [3.05, 3.63) is 0 Å². The molecule has 1 nitrogen and oxygen atoms in total. The van der Waals surface area contributed by atoms with Gasteiger partial charge in [-0.2, -0.15) is 18.4 Å². The Kier molecular flexibility index (Phi) is 3.07. The predicted octanol–water partition coefficient (Wildman–Crippen LogP) is 3.10. The summed E-state index contributed by atoms with van der Waals surface area (Å²) in [6.45, 7) is 0. The summed E-state index contributed by atoms with van der Waals surface area (Å²) in [6, 6.07) is 1.93. The number of hydrogen-bond acceptors (Lipinski definition) is 1. The van der Waals surface area contributed by atoms with Crippen molar-refractivity contribution in [2.75, 3.05) is 0 Å². The van der Waals surface area contributed by atoms with E-state index in [0.717, 1.165) is 0 Å². The molecule has 0 bridgehead atoms. The SMILES string of the molecule is N#C[C@H]1CC[C@@H](C(F)(F)F)C[C@H]1Cl. The van der Waals surface area contributed by atoms with Crippen LogP contribution in [0.1, 0.15) is 19.3 Å². The van der Waals surface area contributed by atoms with Gasteiger partial charge in [0.25, 0.3) is 0 Å². The first-order valence-electron chi connectivity index (χ1n) is 4.05. The van der Waals surface area contributed by atoms with Crippen LogP contribution in [0.15, 0.2) is 0 Å². The summed E-state index contributed by atoms with van der Waals surface area (Å²) in [5.41, 5.74) is 0. The van der Waals surface area contributed by atoms with Crippen molar-refractivity contribution in [1.82, 2.24) is 0 Å². The number of nitrogens with zero attached hydrogens (tertiary/aromatic N) is 1. The van der Waals surface area contributed by atoms with Gasteiger partial charge in [-0.25, -0.2) is 0 Å². The fourth-order valence-corrected chi connectivity index (χ4v) is 1.96. The van der Waals surface area contributed by atoms with Crippen LogP contribution in [-0.2, 0) is 0 Å². The Bertz CT molecular complexity index is 220. The topological polar surface area (TPSA) is 23.8 Å². The molecule has 0 aromatic carbocycles. The maximum atomic E-state index is 12.2. The molecule has 0 spiro atoms. The molecule has 0 saturated heterocycles. The van der Waals surface area contributed by atoms with Crippen LogP contribution >= 0.6 is 11.6 Å². The zero-order valence-electron chi connectivity index (χ0n) is 6.81. The highest BCUT2D eigenvalue weighted by atomic mass is 35.5. The summed E-state index contributed by atoms with van der Waals surface area (Å²) in [7, 11) is 0. The lowest BCUT2D eigenvalue weighted by molar-refractivity contribution is -0.182. The number of alkyl halides is 4. The van der Waals surface area contributed by atoms with Gasteiger partial charge < -0.3 is 0 Å². The van der Waals surface area contributed by atoms with E-state index in [9.17, 15) is 13.2 Å². The number of halogens is 4. The van der Waals surface area contributed by atoms with E-state index in [1.165, 1.54) is 0 Å². The summed E-state index contributed by atoms with van der Waals surface area (Å²) in [4.78, 5) is 0. The first kappa shape index (κ1) is 10.6. The van der Waals surface area contributed by atoms with Crippen LogP contribution in [0.4, 0.5) is 13.2 Å². The minimum atomic E-state index is -4.16. The molecule has 1 fully saturated rings. The molecule has 0 amide bonds. The Morgan fingerprint density at radius 3 is 2.31 bits per heavy atom. The van der Waals surface area contributed by atoms with Gasteiger partial charge in [-0.15, -0.1) is 11.6 Å². The fraction of sp³-hybridized carbons (Fsp3) is 0.875. The summed E-state index contributed by atoms with van der Waals surface area (Å²) < 4.78 is 36.6. The monoisotopic (exact) mass is 211 g/mol. The van der Waals surface area contributed by atoms with E-state index in [2.05, 4.69) is 0 Å². The molecule has 5 heteroatoms. The molecular formula is C8H9ClF3N. The standard InChI is InChI=1S/C8H9ClF3N/c9-7-3-6(8(10,11)12)2-1-5(7)4-13/h5-7H,1-3H2/t5-,6-,7-/m1/s1. The number of rotatable bonds is 0. The summed E-state index contributed by atoms with van der Waals surface area (Å²) in [5, 5.41) is 7.89. The van der Waals surface area contributed by atoms with Crippen LogP contribution in [-0.4, -0.2) is 11.6 Å². The maximum absolute atomic E-state index is 12.2. The second-order valence-corrected chi connectivity index (χ2v) is 3.86. The van der Waals surface area contributed by atoms with E-state index in [0.29, 0.717) is 0 Å². The van der Waals surface area contributed by atoms with E-state index < -0.39 is 23.4 Å². The Hall–Kier alpha value is -0.430. The Labute approximate surface area is 79.5 Å². The molecule has 1 rings (SSSR count). The molecule has 0 aliphatic heterocycles. The first-order chi connectivity index (χ1) is 5.95. The largest absolute Gasteiger partial charge is 0.391 e. The Morgan fingerprint density at radius 1 is 1.31 bits per heavy atom. The third-order valence-corrected chi connectivity index (χ3v) is 2.88.